The molecular weight excluding hydrogens is 981 g/mol. The molecule has 10 aromatic carbocycles. The van der Waals surface area contributed by atoms with Crippen LogP contribution in [0, 0.1) is 55.4 Å². The van der Waals surface area contributed by atoms with Crippen LogP contribution < -0.4 is 0 Å². The molecule has 4 nitrogen and oxygen atoms in total. The molecule has 0 saturated heterocycles. The fourth-order valence-corrected chi connectivity index (χ4v) is 11.9. The second-order valence-electron chi connectivity index (χ2n) is 22.3. The molecule has 0 aliphatic heterocycles. The molecule has 0 aliphatic carbocycles. The monoisotopic (exact) mass is 1060 g/mol. The maximum Gasteiger partial charge on any atom is 0.0488 e. The van der Waals surface area contributed by atoms with E-state index in [0.717, 1.165) is 6.42 Å². The van der Waals surface area contributed by atoms with Crippen molar-refractivity contribution in [3.05, 3.63) is 262 Å². The fraction of sp³-hybridized carbons (Fsp3) is 0.221. The van der Waals surface area contributed by atoms with Crippen molar-refractivity contribution in [1.82, 2.24) is 18.3 Å². The normalized spacial score (nSPS) is 11.0. The molecule has 0 aliphatic rings. The molecule has 14 aromatic rings. The molecule has 0 saturated carbocycles. The van der Waals surface area contributed by atoms with Gasteiger partial charge in [-0.2, -0.15) is 0 Å². The zero-order valence-corrected chi connectivity index (χ0v) is 50.5. The van der Waals surface area contributed by atoms with Gasteiger partial charge in [-0.05, 0) is 163 Å². The van der Waals surface area contributed by atoms with Crippen molar-refractivity contribution in [1.29, 1.82) is 0 Å². The fourth-order valence-electron chi connectivity index (χ4n) is 11.9. The van der Waals surface area contributed by atoms with Gasteiger partial charge in [0.25, 0.3) is 0 Å². The average Bonchev–Trinajstić information content (AvgIpc) is 4.24. The first-order valence-electron chi connectivity index (χ1n) is 28.9. The van der Waals surface area contributed by atoms with Crippen LogP contribution in [-0.4, -0.2) is 18.3 Å². The molecule has 0 N–H and O–H groups in total. The first-order valence-corrected chi connectivity index (χ1v) is 28.9. The van der Waals surface area contributed by atoms with Gasteiger partial charge in [0.05, 0.1) is 0 Å². The van der Waals surface area contributed by atoms with Crippen molar-refractivity contribution >= 4 is 87.2 Å². The molecule has 4 heterocycles. The Kier molecular flexibility index (Phi) is 17.8. The molecule has 0 amide bonds. The van der Waals surface area contributed by atoms with E-state index < -0.39 is 0 Å². The Labute approximate surface area is 481 Å². The molecule has 0 radical (unpaired) electrons. The number of rotatable bonds is 3. The summed E-state index contributed by atoms with van der Waals surface area (Å²) in [5, 5.41) is 10.9. The van der Waals surface area contributed by atoms with Crippen LogP contribution in [0.4, 0.5) is 0 Å². The van der Waals surface area contributed by atoms with Crippen molar-refractivity contribution in [2.24, 2.45) is 28.2 Å². The van der Waals surface area contributed by atoms with Crippen LogP contribution in [0.5, 0.6) is 0 Å². The maximum absolute atomic E-state index is 2.35. The van der Waals surface area contributed by atoms with E-state index in [-0.39, 0.29) is 0 Å². The highest BCUT2D eigenvalue weighted by Crippen LogP contribution is 2.32. The summed E-state index contributed by atoms with van der Waals surface area (Å²) in [6.07, 6.45) is 3.47. The first kappa shape index (κ1) is 57.1. The molecule has 14 rings (SSSR count). The predicted molar refractivity (Wildman–Crippen MR) is 356 cm³/mol. The summed E-state index contributed by atoms with van der Waals surface area (Å²) < 4.78 is 9.04. The molecule has 0 atom stereocenters. The zero-order valence-electron chi connectivity index (χ0n) is 50.5. The lowest BCUT2D eigenvalue weighted by atomic mass is 10.0. The summed E-state index contributed by atoms with van der Waals surface area (Å²) in [7, 11) is 8.52. The van der Waals surface area contributed by atoms with Gasteiger partial charge in [-0.15, -0.1) is 0 Å². The van der Waals surface area contributed by atoms with Crippen LogP contribution in [0.15, 0.2) is 206 Å². The van der Waals surface area contributed by atoms with Crippen LogP contribution in [-0.2, 0) is 41.0 Å². The number of nitrogens with zero attached hydrogens (tertiary/aromatic N) is 4. The minimum absolute atomic E-state index is 1.10. The molecule has 0 bridgehead atoms. The first-order chi connectivity index (χ1) is 39.1. The van der Waals surface area contributed by atoms with Crippen LogP contribution in [0.2, 0.25) is 0 Å². The van der Waals surface area contributed by atoms with Gasteiger partial charge in [-0.1, -0.05) is 188 Å². The third kappa shape index (κ3) is 12.4. The van der Waals surface area contributed by atoms with E-state index in [2.05, 4.69) is 322 Å². The highest BCUT2D eigenvalue weighted by atomic mass is 14.9. The van der Waals surface area contributed by atoms with Crippen LogP contribution in [0.1, 0.15) is 75.9 Å². The number of fused-ring (bicyclic) bond motifs is 12. The van der Waals surface area contributed by atoms with Gasteiger partial charge in [-0.25, -0.2) is 0 Å². The van der Waals surface area contributed by atoms with Crippen molar-refractivity contribution in [3.63, 3.8) is 0 Å². The van der Waals surface area contributed by atoms with E-state index in [4.69, 9.17) is 0 Å². The Morgan fingerprint density at radius 2 is 0.543 bits per heavy atom. The van der Waals surface area contributed by atoms with Crippen LogP contribution in [0.3, 0.4) is 0 Å². The maximum atomic E-state index is 2.35. The summed E-state index contributed by atoms with van der Waals surface area (Å²) >= 11 is 0. The summed E-state index contributed by atoms with van der Waals surface area (Å²) in [6, 6.07) is 74.1. The summed E-state index contributed by atoms with van der Waals surface area (Å²) in [5.74, 6) is 0. The Bertz CT molecular complexity index is 4360. The van der Waals surface area contributed by atoms with Gasteiger partial charge in [0.1, 0.15) is 0 Å². The Morgan fingerprint density at radius 3 is 0.901 bits per heavy atom. The second-order valence-corrected chi connectivity index (χ2v) is 22.3. The smallest absolute Gasteiger partial charge is 0.0488 e. The SMILES string of the molecule is CCCc1ccc2c(c1)c1ccccc1n2C.CCc1ccc2c(c1)c1ccccc1n2C.Cc1cc(C)c(C)c(C)c1.Cc1cc(C)cc(C)c1.Cc1ccc2c(c1)c1ccccc1n2C.Cn1c2ccccc2c2ccccc21. The largest absolute Gasteiger partial charge is 0.344 e. The zero-order chi connectivity index (χ0) is 57.5. The van der Waals surface area contributed by atoms with Gasteiger partial charge < -0.3 is 18.3 Å². The topological polar surface area (TPSA) is 19.7 Å². The molecule has 410 valence electrons. The van der Waals surface area contributed by atoms with Gasteiger partial charge in [0.15, 0.2) is 0 Å². The summed E-state index contributed by atoms with van der Waals surface area (Å²) in [5.41, 5.74) is 24.3. The van der Waals surface area contributed by atoms with Crippen molar-refractivity contribution in [2.45, 2.75) is 88.5 Å². The lowest BCUT2D eigenvalue weighted by Gasteiger charge is -2.04. The van der Waals surface area contributed by atoms with E-state index in [9.17, 15) is 0 Å². The van der Waals surface area contributed by atoms with E-state index in [1.165, 1.54) is 156 Å². The van der Waals surface area contributed by atoms with Gasteiger partial charge in [-0.3, -0.25) is 0 Å². The lowest BCUT2D eigenvalue weighted by molar-refractivity contribution is 0.923. The van der Waals surface area contributed by atoms with Gasteiger partial charge in [0.2, 0.25) is 0 Å². The van der Waals surface area contributed by atoms with Crippen molar-refractivity contribution in [3.8, 4) is 0 Å². The Balaban J connectivity index is 0.000000119. The molecule has 81 heavy (non-hydrogen) atoms. The quantitative estimate of drug-likeness (QED) is 0.168. The average molecular weight is 1060 g/mol. The highest BCUT2D eigenvalue weighted by molar-refractivity contribution is 6.10. The molecule has 4 heteroatoms. The van der Waals surface area contributed by atoms with E-state index >= 15 is 0 Å². The molecule has 0 fully saturated rings. The summed E-state index contributed by atoms with van der Waals surface area (Å²) in [6.45, 7) is 21.6. The Morgan fingerprint density at radius 1 is 0.259 bits per heavy atom. The number of para-hydroxylation sites is 5. The predicted octanol–water partition coefficient (Wildman–Crippen LogP) is 20.7. The number of hydrogen-bond donors (Lipinski definition) is 0. The van der Waals surface area contributed by atoms with E-state index in [1.54, 1.807) is 0 Å². The highest BCUT2D eigenvalue weighted by Gasteiger charge is 2.10. The molecule has 0 spiro atoms. The minimum atomic E-state index is 1.10. The standard InChI is InChI=1S/C16H17N.C15H15N.C14H13N.C13H11N.C10H14.C9H12/c1-3-6-12-9-10-16-14(11-12)13-7-4-5-8-15(13)17(16)2;1-3-11-8-9-15-13(10-11)12-6-4-5-7-14(12)16(15)2;1-10-7-8-14-12(9-10)11-5-3-4-6-13(11)15(14)2;1-14-12-8-4-2-6-10(12)11-7-3-5-9-13(11)14;1-7-5-8(2)10(4)9(3)6-7;1-7-4-8(2)6-9(3)5-7/h4-5,7-11H,3,6H2,1-2H3;4-10H,3H2,1-2H3;3-9H,1-2H3;2-9H,1H3;5-6H,1-4H3;4-6H,1-3H3. The summed E-state index contributed by atoms with van der Waals surface area (Å²) in [4.78, 5) is 0. The van der Waals surface area contributed by atoms with Crippen molar-refractivity contribution in [2.75, 3.05) is 0 Å². The number of aromatic nitrogens is 4. The van der Waals surface area contributed by atoms with Crippen LogP contribution >= 0.6 is 0 Å². The molecule has 0 unspecified atom stereocenters. The lowest BCUT2D eigenvalue weighted by Crippen LogP contribution is -1.87. The van der Waals surface area contributed by atoms with Gasteiger partial charge >= 0.3 is 0 Å². The van der Waals surface area contributed by atoms with Gasteiger partial charge in [0, 0.05) is 115 Å². The van der Waals surface area contributed by atoms with E-state index in [0.29, 0.717) is 0 Å². The van der Waals surface area contributed by atoms with E-state index in [1.807, 2.05) is 0 Å². The molecule has 4 aromatic heterocycles. The minimum Gasteiger partial charge on any atom is -0.344 e. The number of aryl methyl sites for hydroxylation is 13. The number of hydrogen-bond acceptors (Lipinski definition) is 0. The Hall–Kier alpha value is -8.60. The second kappa shape index (κ2) is 25.2. The van der Waals surface area contributed by atoms with Crippen molar-refractivity contribution < 1.29 is 0 Å². The molecular formula is C77H82N4. The third-order valence-electron chi connectivity index (χ3n) is 16.2. The van der Waals surface area contributed by atoms with Crippen LogP contribution in [0.25, 0.3) is 87.2 Å². The third-order valence-corrected chi connectivity index (χ3v) is 16.2. The number of benzene rings is 10.